The molecule has 0 heterocycles. The van der Waals surface area contributed by atoms with Gasteiger partial charge in [0.15, 0.2) is 0 Å². The number of hydrogen-bond donors (Lipinski definition) is 0. The Kier molecular flexibility index (Phi) is 7.29. The van der Waals surface area contributed by atoms with Crippen LogP contribution in [0.2, 0.25) is 0 Å². The van der Waals surface area contributed by atoms with Gasteiger partial charge >= 0.3 is 0 Å². The molecule has 0 aromatic rings. The monoisotopic (exact) mass is 144 g/mol. The van der Waals surface area contributed by atoms with E-state index in [9.17, 15) is 0 Å². The predicted octanol–water partition coefficient (Wildman–Crippen LogP) is 4.25. The lowest BCUT2D eigenvalue weighted by Crippen LogP contribution is -2.09. The van der Waals surface area contributed by atoms with Crippen LogP contribution in [0.25, 0.3) is 0 Å². The number of hydrogen-bond acceptors (Lipinski definition) is 0. The van der Waals surface area contributed by atoms with Crippen LogP contribution in [0.3, 0.4) is 0 Å². The summed E-state index contributed by atoms with van der Waals surface area (Å²) in [7, 11) is 0. The zero-order chi connectivity index (χ0) is 7.33. The van der Waals surface area contributed by atoms with Crippen LogP contribution in [0.1, 0.15) is 60.8 Å². The largest absolute Gasteiger partial charge is 0.0776 e. The van der Waals surface area contributed by atoms with Gasteiger partial charge in [-0.15, -0.1) is 0 Å². The molecule has 64 valence electrons. The summed E-state index contributed by atoms with van der Waals surface area (Å²) in [5.74, 6) is 0. The van der Waals surface area contributed by atoms with Gasteiger partial charge in [0.2, 0.25) is 0 Å². The summed E-state index contributed by atoms with van der Waals surface area (Å²) in [4.78, 5) is 0. The van der Waals surface area contributed by atoms with Crippen molar-refractivity contribution in [3.63, 3.8) is 0 Å². The van der Waals surface area contributed by atoms with E-state index in [0.717, 1.165) is 0 Å². The maximum Gasteiger partial charge on any atom is -0.0354 e. The van der Waals surface area contributed by atoms with Crippen molar-refractivity contribution in [3.8, 4) is 0 Å². The molecule has 0 heteroatoms. The van der Waals surface area contributed by atoms with Crippen molar-refractivity contribution in [1.29, 1.82) is 0 Å². The minimum absolute atomic E-state index is 0. The van der Waals surface area contributed by atoms with Crippen molar-refractivity contribution >= 4 is 0 Å². The van der Waals surface area contributed by atoms with E-state index in [1.165, 1.54) is 25.7 Å². The highest BCUT2D eigenvalue weighted by Gasteiger charge is 2.13. The molecule has 0 amide bonds. The summed E-state index contributed by atoms with van der Waals surface area (Å²) < 4.78 is 0. The minimum Gasteiger partial charge on any atom is -0.0776 e. The summed E-state index contributed by atoms with van der Waals surface area (Å²) in [6, 6.07) is 0. The average Bonchev–Trinajstić information content (AvgIpc) is 1.64. The lowest BCUT2D eigenvalue weighted by atomic mass is 9.84. The Bertz CT molecular complexity index is 54.4. The Hall–Kier alpha value is 0. The molecule has 10 heavy (non-hydrogen) atoms. The highest BCUT2D eigenvalue weighted by atomic mass is 14.2. The molecule has 0 fully saturated rings. The van der Waals surface area contributed by atoms with Crippen molar-refractivity contribution < 1.29 is 0 Å². The van der Waals surface area contributed by atoms with Gasteiger partial charge in [0.25, 0.3) is 0 Å². The summed E-state index contributed by atoms with van der Waals surface area (Å²) in [6.07, 6.45) is 5.40. The Morgan fingerprint density at radius 2 is 1.20 bits per heavy atom. The summed E-state index contributed by atoms with van der Waals surface area (Å²) in [6.45, 7) is 9.24. The molecule has 0 aliphatic carbocycles. The molecule has 0 N–H and O–H groups in total. The molecule has 0 rings (SSSR count). The normalized spacial score (nSPS) is 10.8. The van der Waals surface area contributed by atoms with Crippen LogP contribution in [0.15, 0.2) is 0 Å². The average molecular weight is 144 g/mol. The SMILES string of the molecule is C.CCCC(C)(C)CCC. The maximum absolute atomic E-state index is 2.36. The first kappa shape index (κ1) is 12.7. The van der Waals surface area contributed by atoms with Gasteiger partial charge in [0, 0.05) is 0 Å². The van der Waals surface area contributed by atoms with Crippen molar-refractivity contribution in [2.45, 2.75) is 60.8 Å². The van der Waals surface area contributed by atoms with Crippen LogP contribution in [-0.2, 0) is 0 Å². The first-order chi connectivity index (χ1) is 4.12. The van der Waals surface area contributed by atoms with Gasteiger partial charge in [-0.3, -0.25) is 0 Å². The molecular formula is C10H24. The smallest absolute Gasteiger partial charge is 0.0354 e. The van der Waals surface area contributed by atoms with Crippen LogP contribution in [0, 0.1) is 5.41 Å². The quantitative estimate of drug-likeness (QED) is 0.553. The van der Waals surface area contributed by atoms with Crippen LogP contribution in [0.5, 0.6) is 0 Å². The van der Waals surface area contributed by atoms with Gasteiger partial charge in [-0.2, -0.15) is 0 Å². The second-order valence-electron chi connectivity index (χ2n) is 3.66. The van der Waals surface area contributed by atoms with Gasteiger partial charge in [-0.1, -0.05) is 48.0 Å². The zero-order valence-electron chi connectivity index (χ0n) is 7.33. The summed E-state index contributed by atoms with van der Waals surface area (Å²) in [5.41, 5.74) is 0.601. The molecule has 0 saturated heterocycles. The molecule has 0 aliphatic rings. The molecule has 0 aromatic heterocycles. The van der Waals surface area contributed by atoms with Gasteiger partial charge < -0.3 is 0 Å². The van der Waals surface area contributed by atoms with E-state index in [1.54, 1.807) is 0 Å². The fourth-order valence-electron chi connectivity index (χ4n) is 1.48. The molecule has 0 radical (unpaired) electrons. The van der Waals surface area contributed by atoms with Crippen molar-refractivity contribution in [1.82, 2.24) is 0 Å². The molecule has 0 aliphatic heterocycles. The van der Waals surface area contributed by atoms with Crippen molar-refractivity contribution in [2.24, 2.45) is 5.41 Å². The molecule has 0 bridgehead atoms. The third kappa shape index (κ3) is 6.12. The third-order valence-corrected chi connectivity index (χ3v) is 1.85. The van der Waals surface area contributed by atoms with Crippen LogP contribution >= 0.6 is 0 Å². The fourth-order valence-corrected chi connectivity index (χ4v) is 1.48. The molecule has 0 spiro atoms. The van der Waals surface area contributed by atoms with Crippen LogP contribution in [0.4, 0.5) is 0 Å². The summed E-state index contributed by atoms with van der Waals surface area (Å²) >= 11 is 0. The number of rotatable bonds is 4. The summed E-state index contributed by atoms with van der Waals surface area (Å²) in [5, 5.41) is 0. The van der Waals surface area contributed by atoms with E-state index in [2.05, 4.69) is 27.7 Å². The lowest BCUT2D eigenvalue weighted by molar-refractivity contribution is 0.301. The Morgan fingerprint density at radius 3 is 1.40 bits per heavy atom. The molecule has 0 saturated carbocycles. The lowest BCUT2D eigenvalue weighted by Gasteiger charge is -2.22. The standard InChI is InChI=1S/C9H20.CH4/c1-5-7-9(3,4)8-6-2;/h5-8H2,1-4H3;1H4. The topological polar surface area (TPSA) is 0 Å². The Morgan fingerprint density at radius 1 is 0.900 bits per heavy atom. The van der Waals surface area contributed by atoms with E-state index < -0.39 is 0 Å². The van der Waals surface area contributed by atoms with E-state index in [0.29, 0.717) is 5.41 Å². The second kappa shape index (κ2) is 5.76. The first-order valence-electron chi connectivity index (χ1n) is 4.12. The van der Waals surface area contributed by atoms with E-state index in [-0.39, 0.29) is 7.43 Å². The van der Waals surface area contributed by atoms with E-state index in [4.69, 9.17) is 0 Å². The molecular weight excluding hydrogens is 120 g/mol. The van der Waals surface area contributed by atoms with Crippen molar-refractivity contribution in [2.75, 3.05) is 0 Å². The Balaban J connectivity index is 0. The van der Waals surface area contributed by atoms with Crippen LogP contribution in [-0.4, -0.2) is 0 Å². The molecule has 0 unspecified atom stereocenters. The first-order valence-corrected chi connectivity index (χ1v) is 4.12. The molecule has 0 aromatic carbocycles. The van der Waals surface area contributed by atoms with E-state index >= 15 is 0 Å². The fraction of sp³-hybridized carbons (Fsp3) is 1.00. The Labute approximate surface area is 67.0 Å². The van der Waals surface area contributed by atoms with E-state index in [1.807, 2.05) is 0 Å². The predicted molar refractivity (Wildman–Crippen MR) is 50.3 cm³/mol. The maximum atomic E-state index is 2.36. The van der Waals surface area contributed by atoms with Crippen LogP contribution < -0.4 is 0 Å². The highest BCUT2D eigenvalue weighted by molar-refractivity contribution is 4.66. The van der Waals surface area contributed by atoms with Gasteiger partial charge in [0.1, 0.15) is 0 Å². The van der Waals surface area contributed by atoms with Gasteiger partial charge in [-0.05, 0) is 18.3 Å². The molecule has 0 atom stereocenters. The van der Waals surface area contributed by atoms with Gasteiger partial charge in [-0.25, -0.2) is 0 Å². The molecule has 0 nitrogen and oxygen atoms in total. The highest BCUT2D eigenvalue weighted by Crippen LogP contribution is 2.27. The minimum atomic E-state index is 0. The second-order valence-corrected chi connectivity index (χ2v) is 3.66. The van der Waals surface area contributed by atoms with Crippen molar-refractivity contribution in [3.05, 3.63) is 0 Å². The van der Waals surface area contributed by atoms with Gasteiger partial charge in [0.05, 0.1) is 0 Å². The third-order valence-electron chi connectivity index (χ3n) is 1.85. The zero-order valence-corrected chi connectivity index (χ0v) is 7.33.